The van der Waals surface area contributed by atoms with Gasteiger partial charge in [0.15, 0.2) is 0 Å². The fourth-order valence-corrected chi connectivity index (χ4v) is 2.47. The van der Waals surface area contributed by atoms with Crippen LogP contribution in [0, 0.1) is 5.92 Å². The molecule has 0 radical (unpaired) electrons. The number of carbonyl (C=O) groups excluding carboxylic acids is 2. The number of halogens is 1. The molecule has 0 aliphatic carbocycles. The highest BCUT2D eigenvalue weighted by molar-refractivity contribution is 9.10. The largest absolute Gasteiger partial charge is 0.469 e. The van der Waals surface area contributed by atoms with E-state index in [9.17, 15) is 9.59 Å². The first-order valence-corrected chi connectivity index (χ1v) is 7.32. The Labute approximate surface area is 128 Å². The van der Waals surface area contributed by atoms with Crippen LogP contribution in [-0.4, -0.2) is 41.5 Å². The minimum atomic E-state index is -0.306. The maximum absolute atomic E-state index is 12.5. The molecule has 0 aliphatic heterocycles. The van der Waals surface area contributed by atoms with Crippen LogP contribution in [0.2, 0.25) is 0 Å². The van der Waals surface area contributed by atoms with Crippen molar-refractivity contribution >= 4 is 27.8 Å². The number of amides is 1. The molecular formula is C14H21BrN2O3. The van der Waals surface area contributed by atoms with E-state index in [1.165, 1.54) is 7.11 Å². The van der Waals surface area contributed by atoms with Gasteiger partial charge in [-0.25, -0.2) is 0 Å². The number of nitrogens with zero attached hydrogens (tertiary/aromatic N) is 2. The molecule has 1 amide bonds. The van der Waals surface area contributed by atoms with Crippen LogP contribution in [0.25, 0.3) is 0 Å². The summed E-state index contributed by atoms with van der Waals surface area (Å²) >= 11 is 3.36. The number of esters is 1. The van der Waals surface area contributed by atoms with Crippen molar-refractivity contribution in [3.8, 4) is 0 Å². The van der Waals surface area contributed by atoms with Gasteiger partial charge < -0.3 is 14.2 Å². The second kappa shape index (κ2) is 7.47. The second-order valence-electron chi connectivity index (χ2n) is 5.13. The van der Waals surface area contributed by atoms with E-state index >= 15 is 0 Å². The summed E-state index contributed by atoms with van der Waals surface area (Å²) in [4.78, 5) is 25.5. The lowest BCUT2D eigenvalue weighted by molar-refractivity contribution is -0.140. The summed E-state index contributed by atoms with van der Waals surface area (Å²) in [5, 5.41) is 0. The Morgan fingerprint density at radius 2 is 2.10 bits per heavy atom. The van der Waals surface area contributed by atoms with E-state index in [1.807, 2.05) is 27.1 Å². The number of hydrogen-bond acceptors (Lipinski definition) is 3. The van der Waals surface area contributed by atoms with Crippen LogP contribution in [0.5, 0.6) is 0 Å². The van der Waals surface area contributed by atoms with Crippen LogP contribution in [0.1, 0.15) is 30.8 Å². The molecule has 20 heavy (non-hydrogen) atoms. The predicted octanol–water partition coefficient (Wildman–Crippen LogP) is 2.45. The summed E-state index contributed by atoms with van der Waals surface area (Å²) in [6.45, 7) is 5.06. The van der Waals surface area contributed by atoms with Crippen molar-refractivity contribution < 1.29 is 14.3 Å². The number of carbonyl (C=O) groups is 2. The maximum Gasteiger partial charge on any atom is 0.307 e. The average molecular weight is 345 g/mol. The fraction of sp³-hybridized carbons (Fsp3) is 0.571. The smallest absolute Gasteiger partial charge is 0.307 e. The van der Waals surface area contributed by atoms with E-state index < -0.39 is 0 Å². The van der Waals surface area contributed by atoms with E-state index in [1.54, 1.807) is 15.5 Å². The number of aryl methyl sites for hydroxylation is 1. The zero-order valence-electron chi connectivity index (χ0n) is 12.4. The standard InChI is InChI=1S/C14H21BrN2O3/c1-10(2)8-17(6-5-13(18)20-4)14(19)12-7-11(15)9-16(12)3/h7,9-10H,5-6,8H2,1-4H3. The third kappa shape index (κ3) is 4.67. The average Bonchev–Trinajstić information content (AvgIpc) is 2.71. The zero-order chi connectivity index (χ0) is 15.3. The Kier molecular flexibility index (Phi) is 6.26. The molecule has 0 saturated heterocycles. The van der Waals surface area contributed by atoms with Gasteiger partial charge in [-0.2, -0.15) is 0 Å². The van der Waals surface area contributed by atoms with E-state index in [2.05, 4.69) is 20.7 Å². The first kappa shape index (κ1) is 16.8. The van der Waals surface area contributed by atoms with Gasteiger partial charge >= 0.3 is 5.97 Å². The molecule has 0 N–H and O–H groups in total. The first-order valence-electron chi connectivity index (χ1n) is 6.53. The number of rotatable bonds is 6. The minimum Gasteiger partial charge on any atom is -0.469 e. The monoisotopic (exact) mass is 344 g/mol. The summed E-state index contributed by atoms with van der Waals surface area (Å²) in [6.07, 6.45) is 2.04. The van der Waals surface area contributed by atoms with E-state index in [0.29, 0.717) is 24.7 Å². The molecule has 1 rings (SSSR count). The normalized spacial score (nSPS) is 10.7. The summed E-state index contributed by atoms with van der Waals surface area (Å²) < 4.78 is 7.27. The van der Waals surface area contributed by atoms with Gasteiger partial charge in [0.2, 0.25) is 0 Å². The van der Waals surface area contributed by atoms with Crippen molar-refractivity contribution in [1.29, 1.82) is 0 Å². The van der Waals surface area contributed by atoms with Crippen molar-refractivity contribution in [2.24, 2.45) is 13.0 Å². The van der Waals surface area contributed by atoms with Gasteiger partial charge in [0.05, 0.1) is 13.5 Å². The molecule has 112 valence electrons. The molecule has 5 nitrogen and oxygen atoms in total. The predicted molar refractivity (Wildman–Crippen MR) is 80.5 cm³/mol. The van der Waals surface area contributed by atoms with Crippen molar-refractivity contribution in [1.82, 2.24) is 9.47 Å². The van der Waals surface area contributed by atoms with Gasteiger partial charge in [-0.15, -0.1) is 0 Å². The Morgan fingerprint density at radius 3 is 2.55 bits per heavy atom. The summed E-state index contributed by atoms with van der Waals surface area (Å²) in [7, 11) is 3.18. The topological polar surface area (TPSA) is 51.5 Å². The highest BCUT2D eigenvalue weighted by Gasteiger charge is 2.20. The molecule has 0 bridgehead atoms. The molecule has 1 heterocycles. The molecule has 0 saturated carbocycles. The van der Waals surface area contributed by atoms with Crippen LogP contribution in [0.3, 0.4) is 0 Å². The van der Waals surface area contributed by atoms with Gasteiger partial charge in [-0.1, -0.05) is 13.8 Å². The van der Waals surface area contributed by atoms with Crippen molar-refractivity contribution in [3.63, 3.8) is 0 Å². The van der Waals surface area contributed by atoms with Crippen LogP contribution in [0.4, 0.5) is 0 Å². The number of hydrogen-bond donors (Lipinski definition) is 0. The summed E-state index contributed by atoms with van der Waals surface area (Å²) in [5.41, 5.74) is 0.599. The molecule has 0 aromatic carbocycles. The fourth-order valence-electron chi connectivity index (χ4n) is 1.94. The lowest BCUT2D eigenvalue weighted by atomic mass is 10.2. The Morgan fingerprint density at radius 1 is 1.45 bits per heavy atom. The van der Waals surface area contributed by atoms with E-state index in [-0.39, 0.29) is 18.3 Å². The van der Waals surface area contributed by atoms with E-state index in [4.69, 9.17) is 0 Å². The van der Waals surface area contributed by atoms with Gasteiger partial charge in [0.25, 0.3) is 5.91 Å². The van der Waals surface area contributed by atoms with Crippen LogP contribution in [-0.2, 0) is 16.6 Å². The third-order valence-electron chi connectivity index (χ3n) is 2.88. The molecule has 0 aliphatic rings. The molecular weight excluding hydrogens is 324 g/mol. The Bertz CT molecular complexity index is 483. The number of ether oxygens (including phenoxy) is 1. The van der Waals surface area contributed by atoms with Crippen LogP contribution in [0.15, 0.2) is 16.7 Å². The third-order valence-corrected chi connectivity index (χ3v) is 3.31. The number of methoxy groups -OCH3 is 1. The minimum absolute atomic E-state index is 0.0733. The second-order valence-corrected chi connectivity index (χ2v) is 6.04. The number of aromatic nitrogens is 1. The Balaban J connectivity index is 2.84. The van der Waals surface area contributed by atoms with Gasteiger partial charge in [0, 0.05) is 30.8 Å². The molecule has 0 spiro atoms. The van der Waals surface area contributed by atoms with E-state index in [0.717, 1.165) is 4.47 Å². The molecule has 6 heteroatoms. The molecule has 0 unspecified atom stereocenters. The molecule has 0 atom stereocenters. The lowest BCUT2D eigenvalue weighted by Gasteiger charge is -2.24. The lowest BCUT2D eigenvalue weighted by Crippen LogP contribution is -2.37. The van der Waals surface area contributed by atoms with Crippen molar-refractivity contribution in [2.45, 2.75) is 20.3 Å². The van der Waals surface area contributed by atoms with Crippen LogP contribution >= 0.6 is 15.9 Å². The summed E-state index contributed by atoms with van der Waals surface area (Å²) in [6, 6.07) is 1.79. The summed E-state index contributed by atoms with van der Waals surface area (Å²) in [5.74, 6) is -0.0456. The van der Waals surface area contributed by atoms with Crippen molar-refractivity contribution in [3.05, 3.63) is 22.4 Å². The zero-order valence-corrected chi connectivity index (χ0v) is 13.9. The first-order chi connectivity index (χ1) is 9.35. The molecule has 1 aromatic rings. The van der Waals surface area contributed by atoms with Gasteiger partial charge in [0.1, 0.15) is 5.69 Å². The SMILES string of the molecule is COC(=O)CCN(CC(C)C)C(=O)c1cc(Br)cn1C. The van der Waals surface area contributed by atoms with Gasteiger partial charge in [-0.3, -0.25) is 9.59 Å². The maximum atomic E-state index is 12.5. The van der Waals surface area contributed by atoms with Crippen molar-refractivity contribution in [2.75, 3.05) is 20.2 Å². The quantitative estimate of drug-likeness (QED) is 0.744. The van der Waals surface area contributed by atoms with Crippen LogP contribution < -0.4 is 0 Å². The molecule has 1 aromatic heterocycles. The van der Waals surface area contributed by atoms with Gasteiger partial charge in [-0.05, 0) is 27.9 Å². The highest BCUT2D eigenvalue weighted by Crippen LogP contribution is 2.16. The Hall–Kier alpha value is -1.30. The highest BCUT2D eigenvalue weighted by atomic mass is 79.9. The molecule has 0 fully saturated rings.